The molecule has 0 fully saturated rings. The molecule has 0 bridgehead atoms. The van der Waals surface area contributed by atoms with E-state index in [2.05, 4.69) is 21.3 Å². The molecule has 12 heteroatoms. The maximum atomic E-state index is 11.8. The molecular weight excluding hydrogens is 568 g/mol. The lowest BCUT2D eigenvalue weighted by atomic mass is 10.2. The van der Waals surface area contributed by atoms with Gasteiger partial charge < -0.3 is 49.7 Å². The highest BCUT2D eigenvalue weighted by Gasteiger charge is 2.17. The first kappa shape index (κ1) is 32.2. The summed E-state index contributed by atoms with van der Waals surface area (Å²) in [6.07, 6.45) is 8.52. The topological polar surface area (TPSA) is 138 Å². The van der Waals surface area contributed by atoms with Crippen molar-refractivity contribution in [1.29, 1.82) is 0 Å². The molecule has 12 nitrogen and oxygen atoms in total. The van der Waals surface area contributed by atoms with Crippen LogP contribution in [0.3, 0.4) is 0 Å². The van der Waals surface area contributed by atoms with Gasteiger partial charge in [-0.2, -0.15) is 0 Å². The van der Waals surface area contributed by atoms with Gasteiger partial charge in [-0.1, -0.05) is 13.8 Å². The lowest BCUT2D eigenvalue weighted by molar-refractivity contribution is 0.238. The maximum absolute atomic E-state index is 11.8. The van der Waals surface area contributed by atoms with E-state index in [1.54, 1.807) is 24.3 Å². The second-order valence-corrected chi connectivity index (χ2v) is 10.2. The maximum Gasteiger partial charge on any atom is 0.315 e. The lowest BCUT2D eigenvalue weighted by Gasteiger charge is -2.19. The number of hydrogen-bond acceptors (Lipinski definition) is 8. The first-order valence-electron chi connectivity index (χ1n) is 15.2. The summed E-state index contributed by atoms with van der Waals surface area (Å²) in [5.41, 5.74) is 0. The minimum Gasteiger partial charge on any atom is -0.493 e. The van der Waals surface area contributed by atoms with E-state index >= 15 is 0 Å². The summed E-state index contributed by atoms with van der Waals surface area (Å²) >= 11 is 0. The van der Waals surface area contributed by atoms with Gasteiger partial charge in [-0.15, -0.1) is 0 Å². The number of fused-ring (bicyclic) bond motifs is 2. The van der Waals surface area contributed by atoms with E-state index in [9.17, 15) is 9.59 Å². The average molecular weight is 611 g/mol. The third kappa shape index (κ3) is 10.5. The number of carbonyl (C=O) groups is 2. The second-order valence-electron chi connectivity index (χ2n) is 10.2. The number of carbonyl (C=O) groups excluding carboxylic acids is 2. The van der Waals surface area contributed by atoms with E-state index in [-0.39, 0.29) is 25.2 Å². The number of urea groups is 2. The van der Waals surface area contributed by atoms with E-state index in [1.165, 1.54) is 12.5 Å². The summed E-state index contributed by atoms with van der Waals surface area (Å²) in [5, 5.41) is 11.0. The number of amides is 4. The Labute approximate surface area is 258 Å². The van der Waals surface area contributed by atoms with Crippen molar-refractivity contribution < 1.29 is 38.0 Å². The smallest absolute Gasteiger partial charge is 0.315 e. The molecule has 2 aliphatic heterocycles. The molecule has 0 unspecified atom stereocenters. The zero-order chi connectivity index (χ0) is 31.0. The molecule has 0 spiro atoms. The van der Waals surface area contributed by atoms with Crippen LogP contribution in [0, 0.1) is 0 Å². The Morgan fingerprint density at radius 3 is 1.50 bits per heavy atom. The SMILES string of the molecule is CCCNC(=O)NCC1=COc2ccc(OCCCCCCOc3ccc4c(c3)OC(CNC(=O)NCCC)=CO4)cc2O1. The molecule has 4 N–H and O–H groups in total. The van der Waals surface area contributed by atoms with Crippen molar-refractivity contribution in [3.63, 3.8) is 0 Å². The standard InChI is InChI=1S/C32H42N4O8/c1-3-13-33-31(37)35-19-25-21-41-27-11-9-23(17-29(27)43-25)39-15-7-5-6-8-16-40-24-10-12-28-30(18-24)44-26(22-42-28)20-36-32(38)34-14-4-2/h9-12,17-18,21-22H,3-8,13-16,19-20H2,1-2H3,(H2,33,35,37)(H2,34,36,38). The Bertz CT molecular complexity index is 1210. The van der Waals surface area contributed by atoms with Crippen molar-refractivity contribution in [3.05, 3.63) is 60.4 Å². The van der Waals surface area contributed by atoms with Crippen LogP contribution in [0.1, 0.15) is 52.4 Å². The van der Waals surface area contributed by atoms with Crippen molar-refractivity contribution in [3.8, 4) is 34.5 Å². The molecule has 238 valence electrons. The van der Waals surface area contributed by atoms with Crippen LogP contribution >= 0.6 is 0 Å². The van der Waals surface area contributed by atoms with Gasteiger partial charge >= 0.3 is 12.1 Å². The monoisotopic (exact) mass is 610 g/mol. The van der Waals surface area contributed by atoms with Gasteiger partial charge in [0.25, 0.3) is 0 Å². The van der Waals surface area contributed by atoms with Crippen molar-refractivity contribution >= 4 is 12.1 Å². The Hall–Kier alpha value is -4.74. The van der Waals surface area contributed by atoms with Gasteiger partial charge in [0.15, 0.2) is 34.5 Å². The molecule has 0 aliphatic carbocycles. The van der Waals surface area contributed by atoms with Crippen molar-refractivity contribution in [2.75, 3.05) is 39.4 Å². The van der Waals surface area contributed by atoms with Crippen LogP contribution in [0.5, 0.6) is 34.5 Å². The number of benzene rings is 2. The van der Waals surface area contributed by atoms with Crippen LogP contribution < -0.4 is 49.7 Å². The molecule has 4 amide bonds. The summed E-state index contributed by atoms with van der Waals surface area (Å²) in [6.45, 7) is 6.80. The third-order valence-corrected chi connectivity index (χ3v) is 6.44. The number of rotatable bonds is 17. The van der Waals surface area contributed by atoms with Gasteiger partial charge in [0, 0.05) is 25.2 Å². The highest BCUT2D eigenvalue weighted by Crippen LogP contribution is 2.36. The molecular formula is C32H42N4O8. The largest absolute Gasteiger partial charge is 0.493 e. The number of ether oxygens (including phenoxy) is 6. The van der Waals surface area contributed by atoms with E-state index in [0.29, 0.717) is 72.3 Å². The first-order valence-corrected chi connectivity index (χ1v) is 15.2. The molecule has 0 saturated carbocycles. The minimum absolute atomic E-state index is 0.217. The Morgan fingerprint density at radius 2 is 1.07 bits per heavy atom. The molecule has 2 aromatic carbocycles. The van der Waals surface area contributed by atoms with Crippen LogP contribution in [-0.2, 0) is 0 Å². The molecule has 0 saturated heterocycles. The molecule has 0 atom stereocenters. The highest BCUT2D eigenvalue weighted by atomic mass is 16.6. The van der Waals surface area contributed by atoms with Gasteiger partial charge in [0.1, 0.15) is 24.0 Å². The van der Waals surface area contributed by atoms with Crippen LogP contribution in [0.25, 0.3) is 0 Å². The number of hydrogen-bond donors (Lipinski definition) is 4. The fourth-order valence-corrected chi connectivity index (χ4v) is 4.13. The fourth-order valence-electron chi connectivity index (χ4n) is 4.13. The summed E-state index contributed by atoms with van der Waals surface area (Å²) in [5.74, 6) is 4.67. The van der Waals surface area contributed by atoms with Gasteiger partial charge in [0.2, 0.25) is 0 Å². The average Bonchev–Trinajstić information content (AvgIpc) is 3.05. The zero-order valence-corrected chi connectivity index (χ0v) is 25.4. The van der Waals surface area contributed by atoms with Gasteiger partial charge in [-0.05, 0) is 62.8 Å². The first-order chi connectivity index (χ1) is 21.5. The molecule has 0 radical (unpaired) electrons. The van der Waals surface area contributed by atoms with Gasteiger partial charge in [0.05, 0.1) is 26.3 Å². The Balaban J connectivity index is 1.08. The Morgan fingerprint density at radius 1 is 0.614 bits per heavy atom. The molecule has 4 rings (SSSR count). The minimum atomic E-state index is -0.249. The predicted octanol–water partition coefficient (Wildman–Crippen LogP) is 5.35. The van der Waals surface area contributed by atoms with Crippen LogP contribution in [0.2, 0.25) is 0 Å². The second kappa shape index (κ2) is 17.4. The molecule has 2 aromatic rings. The van der Waals surface area contributed by atoms with E-state index in [1.807, 2.05) is 26.0 Å². The predicted molar refractivity (Wildman–Crippen MR) is 164 cm³/mol. The number of unbranched alkanes of at least 4 members (excludes halogenated alkanes) is 3. The van der Waals surface area contributed by atoms with Gasteiger partial charge in [-0.25, -0.2) is 9.59 Å². The molecule has 0 aromatic heterocycles. The van der Waals surface area contributed by atoms with Crippen LogP contribution in [-0.4, -0.2) is 51.5 Å². The summed E-state index contributed by atoms with van der Waals surface area (Å²) in [6, 6.07) is 10.4. The fraction of sp³-hybridized carbons (Fsp3) is 0.438. The third-order valence-electron chi connectivity index (χ3n) is 6.44. The molecule has 2 aliphatic rings. The zero-order valence-electron chi connectivity index (χ0n) is 25.4. The summed E-state index contributed by atoms with van der Waals surface area (Å²) < 4.78 is 34.8. The molecule has 2 heterocycles. The summed E-state index contributed by atoms with van der Waals surface area (Å²) in [4.78, 5) is 23.5. The normalized spacial score (nSPS) is 12.8. The van der Waals surface area contributed by atoms with Crippen molar-refractivity contribution in [2.24, 2.45) is 0 Å². The quantitative estimate of drug-likeness (QED) is 0.176. The summed E-state index contributed by atoms with van der Waals surface area (Å²) in [7, 11) is 0. The van der Waals surface area contributed by atoms with Crippen molar-refractivity contribution in [2.45, 2.75) is 52.4 Å². The van der Waals surface area contributed by atoms with Gasteiger partial charge in [-0.3, -0.25) is 0 Å². The molecule has 44 heavy (non-hydrogen) atoms. The van der Waals surface area contributed by atoms with Crippen molar-refractivity contribution in [1.82, 2.24) is 21.3 Å². The van der Waals surface area contributed by atoms with E-state index in [4.69, 9.17) is 28.4 Å². The van der Waals surface area contributed by atoms with E-state index in [0.717, 1.165) is 38.5 Å². The van der Waals surface area contributed by atoms with Crippen LogP contribution in [0.15, 0.2) is 60.4 Å². The Kier molecular flexibility index (Phi) is 12.7. The highest BCUT2D eigenvalue weighted by molar-refractivity contribution is 5.74. The lowest BCUT2D eigenvalue weighted by Crippen LogP contribution is -2.37. The van der Waals surface area contributed by atoms with E-state index < -0.39 is 0 Å². The number of nitrogens with one attached hydrogen (secondary N) is 4. The van der Waals surface area contributed by atoms with Crippen LogP contribution in [0.4, 0.5) is 9.59 Å².